The molecule has 1 aliphatic carbocycles. The number of carbonyl (C=O) groups is 1. The third kappa shape index (κ3) is 6.08. The minimum absolute atomic E-state index is 0.110. The minimum atomic E-state index is -0.110. The summed E-state index contributed by atoms with van der Waals surface area (Å²) in [4.78, 5) is 25.0. The monoisotopic (exact) mass is 601 g/mol. The van der Waals surface area contributed by atoms with Gasteiger partial charge in [0.05, 0.1) is 36.5 Å². The summed E-state index contributed by atoms with van der Waals surface area (Å²) >= 11 is 6.61. The maximum Gasteiger partial charge on any atom is 0.251 e. The Kier molecular flexibility index (Phi) is 8.60. The Bertz CT molecular complexity index is 1630. The van der Waals surface area contributed by atoms with Gasteiger partial charge in [0.2, 0.25) is 5.95 Å². The molecule has 1 fully saturated rings. The first kappa shape index (κ1) is 29.1. The summed E-state index contributed by atoms with van der Waals surface area (Å²) in [6.45, 7) is 3.54. The van der Waals surface area contributed by atoms with Gasteiger partial charge in [-0.2, -0.15) is 5.10 Å². The lowest BCUT2D eigenvalue weighted by Gasteiger charge is -2.32. The Morgan fingerprint density at radius 1 is 1.12 bits per heavy atom. The summed E-state index contributed by atoms with van der Waals surface area (Å²) < 4.78 is 12.7. The number of hydrogen-bond acceptors (Lipinski definition) is 8. The predicted octanol–water partition coefficient (Wildman–Crippen LogP) is 4.89. The average molecular weight is 602 g/mol. The molecule has 0 atom stereocenters. The molecule has 0 spiro atoms. The lowest BCUT2D eigenvalue weighted by atomic mass is 9.91. The highest BCUT2D eigenvalue weighted by Gasteiger charge is 2.28. The second-order valence-electron chi connectivity index (χ2n) is 11.0. The molecule has 2 N–H and O–H groups in total. The van der Waals surface area contributed by atoms with Gasteiger partial charge in [0.25, 0.3) is 5.91 Å². The van der Waals surface area contributed by atoms with Crippen LogP contribution in [0, 0.1) is 0 Å². The van der Waals surface area contributed by atoms with Crippen LogP contribution in [0.2, 0.25) is 5.02 Å². The van der Waals surface area contributed by atoms with Crippen molar-refractivity contribution in [1.82, 2.24) is 30.0 Å². The maximum atomic E-state index is 13.1. The molecule has 2 aliphatic rings. The zero-order chi connectivity index (χ0) is 29.9. The number of anilines is 2. The summed E-state index contributed by atoms with van der Waals surface area (Å²) in [5, 5.41) is 12.0. The molecular weight excluding hydrogens is 566 g/mol. The van der Waals surface area contributed by atoms with Crippen LogP contribution in [0.3, 0.4) is 0 Å². The lowest BCUT2D eigenvalue weighted by molar-refractivity contribution is 0.0892. The van der Waals surface area contributed by atoms with Crippen LogP contribution in [-0.2, 0) is 24.6 Å². The molecule has 0 radical (unpaired) electrons. The Morgan fingerprint density at radius 2 is 1.93 bits per heavy atom. The van der Waals surface area contributed by atoms with E-state index in [1.54, 1.807) is 26.4 Å². The molecule has 2 aromatic heterocycles. The number of halogens is 1. The number of methoxy groups -OCH3 is 2. The minimum Gasteiger partial charge on any atom is -0.495 e. The Hall–Kier alpha value is -3.99. The van der Waals surface area contributed by atoms with Crippen LogP contribution in [-0.4, -0.2) is 77.1 Å². The van der Waals surface area contributed by atoms with E-state index in [-0.39, 0.29) is 11.9 Å². The molecule has 224 valence electrons. The van der Waals surface area contributed by atoms with Crippen LogP contribution in [0.25, 0.3) is 22.5 Å². The van der Waals surface area contributed by atoms with Crippen LogP contribution in [0.5, 0.6) is 5.75 Å². The SMILES string of the molecule is COCCN1CCC(NC(=O)c2ccc(Nc3ncc4c(n3)-c3c(nn(C)c3-c3ccccc3Cl)CC4)c(OC)c2)CC1. The number of amides is 1. The van der Waals surface area contributed by atoms with Crippen LogP contribution < -0.4 is 15.4 Å². The number of nitrogens with zero attached hydrogens (tertiary/aromatic N) is 5. The fourth-order valence-electron chi connectivity index (χ4n) is 5.93. The molecule has 0 bridgehead atoms. The van der Waals surface area contributed by atoms with Crippen molar-refractivity contribution >= 4 is 29.1 Å². The van der Waals surface area contributed by atoms with Crippen molar-refractivity contribution in [3.8, 4) is 28.3 Å². The van der Waals surface area contributed by atoms with E-state index in [0.717, 1.165) is 85.7 Å². The Labute approximate surface area is 256 Å². The van der Waals surface area contributed by atoms with Crippen molar-refractivity contribution in [3.05, 3.63) is 70.5 Å². The fourth-order valence-corrected chi connectivity index (χ4v) is 6.16. The van der Waals surface area contributed by atoms with Gasteiger partial charge >= 0.3 is 0 Å². The van der Waals surface area contributed by atoms with Gasteiger partial charge in [-0.15, -0.1) is 0 Å². The molecule has 43 heavy (non-hydrogen) atoms. The normalized spacial score (nSPS) is 15.1. The zero-order valence-electron chi connectivity index (χ0n) is 24.7. The molecule has 0 unspecified atom stereocenters. The van der Waals surface area contributed by atoms with Crippen LogP contribution in [0.15, 0.2) is 48.7 Å². The van der Waals surface area contributed by atoms with Crippen LogP contribution in [0.1, 0.15) is 34.5 Å². The number of rotatable bonds is 9. The smallest absolute Gasteiger partial charge is 0.251 e. The van der Waals surface area contributed by atoms with Gasteiger partial charge < -0.3 is 25.0 Å². The molecule has 10 nitrogen and oxygen atoms in total. The van der Waals surface area contributed by atoms with Crippen LogP contribution in [0.4, 0.5) is 11.6 Å². The molecule has 1 saturated heterocycles. The molecule has 1 amide bonds. The number of aromatic nitrogens is 4. The van der Waals surface area contributed by atoms with Crippen molar-refractivity contribution in [2.24, 2.45) is 7.05 Å². The second-order valence-corrected chi connectivity index (χ2v) is 11.4. The topological polar surface area (TPSA) is 106 Å². The van der Waals surface area contributed by atoms with Gasteiger partial charge in [-0.1, -0.05) is 29.8 Å². The first-order valence-electron chi connectivity index (χ1n) is 14.6. The quantitative estimate of drug-likeness (QED) is 0.279. The zero-order valence-corrected chi connectivity index (χ0v) is 25.4. The highest BCUT2D eigenvalue weighted by atomic mass is 35.5. The van der Waals surface area contributed by atoms with E-state index in [4.69, 9.17) is 31.2 Å². The standard InChI is InChI=1S/C32H36ClN7O3/c1-39-30(23-6-4-5-7-24(23)33)28-26(38-39)11-9-21-19-34-32(37-29(21)28)36-25-10-8-20(18-27(25)43-3)31(41)35-22-12-14-40(15-13-22)16-17-42-2/h4-8,10,18-19,22H,9,11-17H2,1-3H3,(H,35,41)(H,34,36,37). The van der Waals surface area contributed by atoms with Gasteiger partial charge in [0.15, 0.2) is 0 Å². The molecule has 2 aromatic carbocycles. The highest BCUT2D eigenvalue weighted by Crippen LogP contribution is 2.41. The van der Waals surface area contributed by atoms with Crippen molar-refractivity contribution in [2.45, 2.75) is 31.7 Å². The highest BCUT2D eigenvalue weighted by molar-refractivity contribution is 6.33. The van der Waals surface area contributed by atoms with Crippen molar-refractivity contribution in [3.63, 3.8) is 0 Å². The molecule has 0 saturated carbocycles. The lowest BCUT2D eigenvalue weighted by Crippen LogP contribution is -2.45. The number of ether oxygens (including phenoxy) is 2. The molecular formula is C32H36ClN7O3. The van der Waals surface area contributed by atoms with Gasteiger partial charge in [-0.3, -0.25) is 9.48 Å². The Morgan fingerprint density at radius 3 is 2.70 bits per heavy atom. The summed E-state index contributed by atoms with van der Waals surface area (Å²) in [6, 6.07) is 13.3. The van der Waals surface area contributed by atoms with Gasteiger partial charge in [-0.25, -0.2) is 9.97 Å². The largest absolute Gasteiger partial charge is 0.495 e. The molecule has 1 aliphatic heterocycles. The molecule has 6 rings (SSSR count). The van der Waals surface area contributed by atoms with Crippen LogP contribution >= 0.6 is 11.6 Å². The number of likely N-dealkylation sites (tertiary alicyclic amines) is 1. The number of carbonyl (C=O) groups excluding carboxylic acids is 1. The van der Waals surface area contributed by atoms with Gasteiger partial charge in [-0.05, 0) is 55.5 Å². The number of fused-ring (bicyclic) bond motifs is 3. The van der Waals surface area contributed by atoms with E-state index in [0.29, 0.717) is 28.0 Å². The van der Waals surface area contributed by atoms with Crippen molar-refractivity contribution in [2.75, 3.05) is 45.8 Å². The van der Waals surface area contributed by atoms with E-state index in [1.165, 1.54) is 0 Å². The molecule has 4 aromatic rings. The maximum absolute atomic E-state index is 13.1. The summed E-state index contributed by atoms with van der Waals surface area (Å²) in [5.41, 5.74) is 6.91. The summed E-state index contributed by atoms with van der Waals surface area (Å²) in [6.07, 6.45) is 5.31. The van der Waals surface area contributed by atoms with Gasteiger partial charge in [0, 0.05) is 67.7 Å². The molecule has 3 heterocycles. The number of benzene rings is 2. The van der Waals surface area contributed by atoms with E-state index < -0.39 is 0 Å². The number of aryl methyl sites for hydroxylation is 3. The molecule has 11 heteroatoms. The first-order valence-corrected chi connectivity index (χ1v) is 15.0. The average Bonchev–Trinajstić information content (AvgIpc) is 3.37. The fraction of sp³-hybridized carbons (Fsp3) is 0.375. The number of nitrogens with one attached hydrogen (secondary N) is 2. The van der Waals surface area contributed by atoms with E-state index in [1.807, 2.05) is 48.3 Å². The van der Waals surface area contributed by atoms with E-state index in [2.05, 4.69) is 20.5 Å². The second kappa shape index (κ2) is 12.7. The van der Waals surface area contributed by atoms with Crippen molar-refractivity contribution in [1.29, 1.82) is 0 Å². The van der Waals surface area contributed by atoms with Crippen molar-refractivity contribution < 1.29 is 14.3 Å². The van der Waals surface area contributed by atoms with E-state index >= 15 is 0 Å². The number of piperidine rings is 1. The van der Waals surface area contributed by atoms with Gasteiger partial charge in [0.1, 0.15) is 5.75 Å². The predicted molar refractivity (Wildman–Crippen MR) is 167 cm³/mol. The summed E-state index contributed by atoms with van der Waals surface area (Å²) in [7, 11) is 5.24. The van der Waals surface area contributed by atoms with E-state index in [9.17, 15) is 4.79 Å². The Balaban J connectivity index is 1.21. The summed E-state index contributed by atoms with van der Waals surface area (Å²) in [5.74, 6) is 0.847. The number of hydrogen-bond donors (Lipinski definition) is 2. The first-order chi connectivity index (χ1) is 20.9. The third-order valence-corrected chi connectivity index (χ3v) is 8.56. The third-order valence-electron chi connectivity index (χ3n) is 8.23.